The summed E-state index contributed by atoms with van der Waals surface area (Å²) in [5, 5.41) is 12.1. The molecule has 4 heterocycles. The Bertz CT molecular complexity index is 1480. The molecule has 3 aromatic rings. The van der Waals surface area contributed by atoms with Crippen molar-refractivity contribution in [2.24, 2.45) is 0 Å². The quantitative estimate of drug-likeness (QED) is 0.408. The molecule has 1 unspecified atom stereocenters. The smallest absolute Gasteiger partial charge is 0.318 e. The zero-order valence-corrected chi connectivity index (χ0v) is 24.2. The van der Waals surface area contributed by atoms with Crippen molar-refractivity contribution in [2.45, 2.75) is 51.2 Å². The molecule has 0 saturated carbocycles. The predicted octanol–water partition coefficient (Wildman–Crippen LogP) is 4.09. The maximum absolute atomic E-state index is 9.58. The van der Waals surface area contributed by atoms with E-state index in [9.17, 15) is 5.26 Å². The predicted molar refractivity (Wildman–Crippen MR) is 163 cm³/mol. The average molecular weight is 550 g/mol. The van der Waals surface area contributed by atoms with E-state index in [0.29, 0.717) is 38.2 Å². The highest BCUT2D eigenvalue weighted by Crippen LogP contribution is 2.35. The molecule has 2 aromatic carbocycles. The molecule has 0 spiro atoms. The minimum Gasteiger partial charge on any atom is -0.462 e. The molecule has 8 heteroatoms. The lowest BCUT2D eigenvalue weighted by Crippen LogP contribution is -2.53. The number of likely N-dealkylation sites (tertiary alicyclic amines) is 1. The van der Waals surface area contributed by atoms with Gasteiger partial charge in [0.2, 0.25) is 0 Å². The molecule has 1 aromatic heterocycles. The SMILES string of the molecule is CC#CCN1CCN(c2nc(OC[C@@H]3CCCN3C)nc3c2CCN(c2cccc4ccccc24)C3)CC1CC#N. The van der Waals surface area contributed by atoms with E-state index in [1.54, 1.807) is 0 Å². The van der Waals surface area contributed by atoms with E-state index in [2.05, 4.69) is 87.0 Å². The Hall–Kier alpha value is -3.85. The number of hydrogen-bond acceptors (Lipinski definition) is 8. The Balaban J connectivity index is 1.31. The van der Waals surface area contributed by atoms with Gasteiger partial charge in [-0.1, -0.05) is 42.3 Å². The summed E-state index contributed by atoms with van der Waals surface area (Å²) in [6.07, 6.45) is 3.68. The summed E-state index contributed by atoms with van der Waals surface area (Å²) >= 11 is 0. The first-order chi connectivity index (χ1) is 20.1. The highest BCUT2D eigenvalue weighted by Gasteiger charge is 2.32. The van der Waals surface area contributed by atoms with Crippen LogP contribution in [0, 0.1) is 23.2 Å². The molecule has 0 radical (unpaired) electrons. The summed E-state index contributed by atoms with van der Waals surface area (Å²) in [7, 11) is 2.17. The molecule has 8 nitrogen and oxygen atoms in total. The van der Waals surface area contributed by atoms with Crippen LogP contribution in [0.15, 0.2) is 42.5 Å². The van der Waals surface area contributed by atoms with Crippen LogP contribution in [-0.2, 0) is 13.0 Å². The lowest BCUT2D eigenvalue weighted by atomic mass is 10.0. The Labute approximate surface area is 243 Å². The van der Waals surface area contributed by atoms with Crippen molar-refractivity contribution in [1.29, 1.82) is 5.26 Å². The van der Waals surface area contributed by atoms with E-state index in [1.807, 2.05) is 6.92 Å². The molecule has 212 valence electrons. The summed E-state index contributed by atoms with van der Waals surface area (Å²) in [6.45, 7) is 8.33. The molecule has 2 saturated heterocycles. The maximum Gasteiger partial charge on any atom is 0.318 e. The van der Waals surface area contributed by atoms with Crippen LogP contribution in [-0.4, -0.2) is 84.8 Å². The van der Waals surface area contributed by atoms with Crippen molar-refractivity contribution in [2.75, 3.05) is 62.7 Å². The third-order valence-electron chi connectivity index (χ3n) is 8.90. The van der Waals surface area contributed by atoms with E-state index < -0.39 is 0 Å². The molecule has 2 atom stereocenters. The third-order valence-corrected chi connectivity index (χ3v) is 8.90. The zero-order chi connectivity index (χ0) is 28.2. The van der Waals surface area contributed by atoms with Crippen LogP contribution in [0.25, 0.3) is 10.8 Å². The third kappa shape index (κ3) is 5.81. The van der Waals surface area contributed by atoms with Gasteiger partial charge in [-0.15, -0.1) is 5.92 Å². The lowest BCUT2D eigenvalue weighted by molar-refractivity contribution is 0.186. The van der Waals surface area contributed by atoms with Gasteiger partial charge >= 0.3 is 6.01 Å². The van der Waals surface area contributed by atoms with E-state index in [-0.39, 0.29) is 6.04 Å². The second kappa shape index (κ2) is 12.3. The van der Waals surface area contributed by atoms with Gasteiger partial charge in [0.1, 0.15) is 12.4 Å². The van der Waals surface area contributed by atoms with Gasteiger partial charge in [-0.25, -0.2) is 0 Å². The molecule has 2 fully saturated rings. The van der Waals surface area contributed by atoms with Crippen molar-refractivity contribution in [1.82, 2.24) is 19.8 Å². The number of anilines is 2. The summed E-state index contributed by atoms with van der Waals surface area (Å²) in [5.41, 5.74) is 3.49. The monoisotopic (exact) mass is 549 g/mol. The Morgan fingerprint density at radius 2 is 1.88 bits per heavy atom. The van der Waals surface area contributed by atoms with E-state index in [1.165, 1.54) is 28.4 Å². The Morgan fingerprint density at radius 3 is 2.71 bits per heavy atom. The van der Waals surface area contributed by atoms with E-state index in [4.69, 9.17) is 14.7 Å². The van der Waals surface area contributed by atoms with Gasteiger partial charge in [0.25, 0.3) is 0 Å². The highest BCUT2D eigenvalue weighted by molar-refractivity contribution is 5.94. The number of rotatable bonds is 7. The normalized spacial score (nSPS) is 21.3. The number of piperazine rings is 1. The van der Waals surface area contributed by atoms with Crippen LogP contribution in [0.2, 0.25) is 0 Å². The summed E-state index contributed by atoms with van der Waals surface area (Å²) in [6, 6.07) is 18.5. The van der Waals surface area contributed by atoms with Crippen LogP contribution in [0.1, 0.15) is 37.4 Å². The van der Waals surface area contributed by atoms with Gasteiger partial charge < -0.3 is 19.4 Å². The summed E-state index contributed by atoms with van der Waals surface area (Å²) in [4.78, 5) is 19.6. The first-order valence-electron chi connectivity index (χ1n) is 14.9. The van der Waals surface area contributed by atoms with Gasteiger partial charge in [-0.05, 0) is 51.2 Å². The average Bonchev–Trinajstić information content (AvgIpc) is 3.42. The fourth-order valence-corrected chi connectivity index (χ4v) is 6.54. The number of ether oxygens (including phenoxy) is 1. The van der Waals surface area contributed by atoms with Gasteiger partial charge in [0.05, 0.1) is 31.3 Å². The van der Waals surface area contributed by atoms with Gasteiger partial charge in [-0.3, -0.25) is 4.90 Å². The molecule has 0 amide bonds. The fraction of sp³-hybridized carbons (Fsp3) is 0.485. The van der Waals surface area contributed by atoms with Crippen molar-refractivity contribution >= 4 is 22.3 Å². The molecule has 0 bridgehead atoms. The van der Waals surface area contributed by atoms with Crippen molar-refractivity contribution in [3.8, 4) is 23.9 Å². The standard InChI is InChI=1S/C33H39N7O/c1-3-4-18-38-20-21-40(22-26(38)14-16-34)32-29-15-19-39(31-13-7-10-25-9-5-6-12-28(25)31)23-30(29)35-33(36-32)41-24-27-11-8-17-37(27)2/h5-7,9-10,12-13,26-27H,8,11,14-15,17-24H2,1-2H3/t26?,27-/m0/s1. The lowest BCUT2D eigenvalue weighted by Gasteiger charge is -2.42. The molecular formula is C33H39N7O. The number of likely N-dealkylation sites (N-methyl/N-ethyl adjacent to an activating group) is 1. The number of nitrogens with zero attached hydrogens (tertiary/aromatic N) is 7. The Morgan fingerprint density at radius 1 is 1.00 bits per heavy atom. The van der Waals surface area contributed by atoms with Crippen molar-refractivity contribution < 1.29 is 4.74 Å². The highest BCUT2D eigenvalue weighted by atomic mass is 16.5. The van der Waals surface area contributed by atoms with Crippen LogP contribution in [0.5, 0.6) is 6.01 Å². The molecule has 6 rings (SSSR count). The van der Waals surface area contributed by atoms with Gasteiger partial charge in [-0.2, -0.15) is 15.2 Å². The van der Waals surface area contributed by atoms with Crippen molar-refractivity contribution in [3.05, 3.63) is 53.7 Å². The molecule has 0 N–H and O–H groups in total. The molecule has 3 aliphatic rings. The number of nitriles is 1. The number of hydrogen-bond donors (Lipinski definition) is 0. The fourth-order valence-electron chi connectivity index (χ4n) is 6.54. The second-order valence-electron chi connectivity index (χ2n) is 11.4. The van der Waals surface area contributed by atoms with Crippen LogP contribution in [0.3, 0.4) is 0 Å². The zero-order valence-electron chi connectivity index (χ0n) is 24.2. The largest absolute Gasteiger partial charge is 0.462 e. The molecule has 3 aliphatic heterocycles. The van der Waals surface area contributed by atoms with E-state index >= 15 is 0 Å². The summed E-state index contributed by atoms with van der Waals surface area (Å²) < 4.78 is 6.33. The molecule has 41 heavy (non-hydrogen) atoms. The second-order valence-corrected chi connectivity index (χ2v) is 11.4. The van der Waals surface area contributed by atoms with Crippen LogP contribution >= 0.6 is 0 Å². The number of fused-ring (bicyclic) bond motifs is 2. The van der Waals surface area contributed by atoms with Crippen molar-refractivity contribution in [3.63, 3.8) is 0 Å². The minimum atomic E-state index is 0.118. The molecule has 0 aliphatic carbocycles. The van der Waals surface area contributed by atoms with Crippen LogP contribution in [0.4, 0.5) is 11.5 Å². The first-order valence-corrected chi connectivity index (χ1v) is 14.9. The number of benzene rings is 2. The topological polar surface area (TPSA) is 71.8 Å². The van der Waals surface area contributed by atoms with Gasteiger partial charge in [0, 0.05) is 54.9 Å². The maximum atomic E-state index is 9.58. The number of aromatic nitrogens is 2. The van der Waals surface area contributed by atoms with E-state index in [0.717, 1.165) is 57.1 Å². The molecular weight excluding hydrogens is 510 g/mol. The van der Waals surface area contributed by atoms with Gasteiger partial charge in [0.15, 0.2) is 0 Å². The Kier molecular flexibility index (Phi) is 8.23. The minimum absolute atomic E-state index is 0.118. The summed E-state index contributed by atoms with van der Waals surface area (Å²) in [5.74, 6) is 7.18. The first kappa shape index (κ1) is 27.3. The van der Waals surface area contributed by atoms with Crippen LogP contribution < -0.4 is 14.5 Å².